The number of benzene rings is 3. The number of nitrogens with zero attached hydrogens (tertiary/aromatic N) is 2. The number of fused-ring (bicyclic) bond motifs is 3. The molecule has 0 radical (unpaired) electrons. The number of para-hydroxylation sites is 2. The van der Waals surface area contributed by atoms with E-state index in [2.05, 4.69) is 4.98 Å². The molecule has 5 rings (SSSR count). The molecule has 0 fully saturated rings. The molecule has 2 heterocycles. The molecule has 0 saturated heterocycles. The Kier molecular flexibility index (Phi) is 4.81. The standard InChI is InChI=1S/C23H15ClFN3OS/c24-17-10-6-11-18(25)16(17)13-30-23-27-20-15-9-4-5-12-19(15)26-21(20)22(29)28(23)14-7-2-1-3-8-14/h1-12,26H,13H2. The second-order valence-corrected chi connectivity index (χ2v) is 8.10. The summed E-state index contributed by atoms with van der Waals surface area (Å²) in [6, 6.07) is 21.6. The molecule has 7 heteroatoms. The van der Waals surface area contributed by atoms with Crippen molar-refractivity contribution in [2.75, 3.05) is 0 Å². The highest BCUT2D eigenvalue weighted by Crippen LogP contribution is 2.30. The first kappa shape index (κ1) is 18.9. The third kappa shape index (κ3) is 3.18. The number of nitrogens with one attached hydrogen (secondary N) is 1. The molecule has 30 heavy (non-hydrogen) atoms. The molecule has 0 spiro atoms. The second kappa shape index (κ2) is 7.63. The lowest BCUT2D eigenvalue weighted by molar-refractivity contribution is 0.617. The summed E-state index contributed by atoms with van der Waals surface area (Å²) >= 11 is 7.47. The van der Waals surface area contributed by atoms with Crippen LogP contribution in [0.5, 0.6) is 0 Å². The van der Waals surface area contributed by atoms with E-state index in [-0.39, 0.29) is 17.1 Å². The maximum atomic E-state index is 14.3. The highest BCUT2D eigenvalue weighted by atomic mass is 35.5. The first-order chi connectivity index (χ1) is 14.6. The summed E-state index contributed by atoms with van der Waals surface area (Å²) in [5, 5.41) is 1.70. The Morgan fingerprint density at radius 1 is 1.00 bits per heavy atom. The molecule has 0 bridgehead atoms. The highest BCUT2D eigenvalue weighted by molar-refractivity contribution is 7.98. The molecule has 3 aromatic carbocycles. The van der Waals surface area contributed by atoms with E-state index < -0.39 is 0 Å². The minimum Gasteiger partial charge on any atom is -0.349 e. The van der Waals surface area contributed by atoms with Crippen LogP contribution in [0.4, 0.5) is 4.39 Å². The van der Waals surface area contributed by atoms with Gasteiger partial charge in [-0.2, -0.15) is 0 Å². The molecule has 0 aliphatic heterocycles. The molecule has 0 amide bonds. The topological polar surface area (TPSA) is 50.7 Å². The van der Waals surface area contributed by atoms with Crippen LogP contribution in [-0.2, 0) is 5.75 Å². The van der Waals surface area contributed by atoms with Crippen molar-refractivity contribution in [1.29, 1.82) is 0 Å². The maximum absolute atomic E-state index is 14.3. The quantitative estimate of drug-likeness (QED) is 0.280. The van der Waals surface area contributed by atoms with Crippen molar-refractivity contribution in [2.24, 2.45) is 0 Å². The van der Waals surface area contributed by atoms with Gasteiger partial charge >= 0.3 is 0 Å². The van der Waals surface area contributed by atoms with Crippen LogP contribution in [0.15, 0.2) is 82.7 Å². The summed E-state index contributed by atoms with van der Waals surface area (Å²) in [6.45, 7) is 0. The Morgan fingerprint density at radius 3 is 2.57 bits per heavy atom. The Hall–Kier alpha value is -3.09. The second-order valence-electron chi connectivity index (χ2n) is 6.75. The van der Waals surface area contributed by atoms with Crippen LogP contribution in [0.25, 0.3) is 27.6 Å². The number of halogens is 2. The fraction of sp³-hybridized carbons (Fsp3) is 0.0435. The molecular formula is C23H15ClFN3OS. The zero-order chi connectivity index (χ0) is 20.7. The van der Waals surface area contributed by atoms with Crippen LogP contribution in [-0.4, -0.2) is 14.5 Å². The monoisotopic (exact) mass is 435 g/mol. The fourth-order valence-corrected chi connectivity index (χ4v) is 4.80. The first-order valence-corrected chi connectivity index (χ1v) is 10.6. The van der Waals surface area contributed by atoms with E-state index in [1.807, 2.05) is 54.6 Å². The van der Waals surface area contributed by atoms with Crippen LogP contribution in [0.3, 0.4) is 0 Å². The molecule has 0 aliphatic rings. The molecule has 0 aliphatic carbocycles. The lowest BCUT2D eigenvalue weighted by Gasteiger charge is -2.12. The Labute approximate surface area is 180 Å². The van der Waals surface area contributed by atoms with Gasteiger partial charge in [0.1, 0.15) is 16.9 Å². The number of hydrogen-bond donors (Lipinski definition) is 1. The van der Waals surface area contributed by atoms with Crippen molar-refractivity contribution >= 4 is 45.3 Å². The fourth-order valence-electron chi connectivity index (χ4n) is 3.45. The van der Waals surface area contributed by atoms with Crippen molar-refractivity contribution in [3.8, 4) is 5.69 Å². The van der Waals surface area contributed by atoms with Crippen molar-refractivity contribution in [3.63, 3.8) is 0 Å². The molecule has 0 saturated carbocycles. The highest BCUT2D eigenvalue weighted by Gasteiger charge is 2.18. The number of hydrogen-bond acceptors (Lipinski definition) is 3. The van der Waals surface area contributed by atoms with E-state index in [4.69, 9.17) is 16.6 Å². The van der Waals surface area contributed by atoms with E-state index in [1.165, 1.54) is 17.8 Å². The number of aromatic amines is 1. The number of aromatic nitrogens is 3. The van der Waals surface area contributed by atoms with E-state index in [1.54, 1.807) is 16.7 Å². The van der Waals surface area contributed by atoms with Crippen molar-refractivity contribution in [2.45, 2.75) is 10.9 Å². The van der Waals surface area contributed by atoms with Gasteiger partial charge in [-0.1, -0.05) is 65.8 Å². The van der Waals surface area contributed by atoms with Crippen LogP contribution in [0, 0.1) is 5.82 Å². The molecule has 2 aromatic heterocycles. The Morgan fingerprint density at radius 2 is 1.77 bits per heavy atom. The van der Waals surface area contributed by atoms with Gasteiger partial charge in [-0.3, -0.25) is 9.36 Å². The van der Waals surface area contributed by atoms with Gasteiger partial charge in [0.25, 0.3) is 5.56 Å². The van der Waals surface area contributed by atoms with Crippen LogP contribution in [0.1, 0.15) is 5.56 Å². The predicted molar refractivity (Wildman–Crippen MR) is 120 cm³/mol. The normalized spacial score (nSPS) is 11.4. The summed E-state index contributed by atoms with van der Waals surface area (Å²) in [7, 11) is 0. The Balaban J connectivity index is 1.72. The maximum Gasteiger partial charge on any atom is 0.283 e. The first-order valence-electron chi connectivity index (χ1n) is 9.28. The summed E-state index contributed by atoms with van der Waals surface area (Å²) in [4.78, 5) is 21.4. The summed E-state index contributed by atoms with van der Waals surface area (Å²) in [5.41, 5.74) is 2.76. The minimum atomic E-state index is -0.378. The van der Waals surface area contributed by atoms with E-state index >= 15 is 0 Å². The van der Waals surface area contributed by atoms with Crippen LogP contribution in [0.2, 0.25) is 5.02 Å². The van der Waals surface area contributed by atoms with Gasteiger partial charge in [0.2, 0.25) is 0 Å². The number of rotatable bonds is 4. The molecule has 1 N–H and O–H groups in total. The van der Waals surface area contributed by atoms with Crippen LogP contribution < -0.4 is 5.56 Å². The van der Waals surface area contributed by atoms with Crippen LogP contribution >= 0.6 is 23.4 Å². The Bertz CT molecular complexity index is 1430. The number of H-pyrrole nitrogens is 1. The zero-order valence-corrected chi connectivity index (χ0v) is 17.2. The van der Waals surface area contributed by atoms with E-state index in [0.29, 0.717) is 32.5 Å². The number of thioether (sulfide) groups is 1. The average molecular weight is 436 g/mol. The minimum absolute atomic E-state index is 0.204. The molecule has 0 atom stereocenters. The summed E-state index contributed by atoms with van der Waals surface area (Å²) < 4.78 is 15.8. The predicted octanol–water partition coefficient (Wildman–Crippen LogP) is 5.95. The lowest BCUT2D eigenvalue weighted by Crippen LogP contribution is -2.21. The molecule has 5 aromatic rings. The molecule has 0 unspecified atom stereocenters. The molecule has 4 nitrogen and oxygen atoms in total. The average Bonchev–Trinajstić information content (AvgIpc) is 3.13. The van der Waals surface area contributed by atoms with E-state index in [0.717, 1.165) is 10.9 Å². The molecular weight excluding hydrogens is 421 g/mol. The van der Waals surface area contributed by atoms with Gasteiger partial charge in [0, 0.05) is 27.2 Å². The summed E-state index contributed by atoms with van der Waals surface area (Å²) in [6.07, 6.45) is 0. The van der Waals surface area contributed by atoms with Gasteiger partial charge < -0.3 is 4.98 Å². The third-order valence-electron chi connectivity index (χ3n) is 4.92. The van der Waals surface area contributed by atoms with Gasteiger partial charge in [0.05, 0.1) is 5.69 Å². The van der Waals surface area contributed by atoms with Crippen molar-refractivity contribution < 1.29 is 4.39 Å². The SMILES string of the molecule is O=c1c2[nH]c3ccccc3c2nc(SCc2c(F)cccc2Cl)n1-c1ccccc1. The smallest absolute Gasteiger partial charge is 0.283 e. The van der Waals surface area contributed by atoms with Crippen molar-refractivity contribution in [1.82, 2.24) is 14.5 Å². The van der Waals surface area contributed by atoms with E-state index in [9.17, 15) is 9.18 Å². The molecule has 148 valence electrons. The van der Waals surface area contributed by atoms with Crippen molar-refractivity contribution in [3.05, 3.63) is 99.6 Å². The van der Waals surface area contributed by atoms with Gasteiger partial charge in [-0.25, -0.2) is 9.37 Å². The lowest BCUT2D eigenvalue weighted by atomic mass is 10.2. The largest absolute Gasteiger partial charge is 0.349 e. The zero-order valence-electron chi connectivity index (χ0n) is 15.6. The summed E-state index contributed by atoms with van der Waals surface area (Å²) in [5.74, 6) is -0.129. The van der Waals surface area contributed by atoms with Gasteiger partial charge in [0.15, 0.2) is 5.16 Å². The van der Waals surface area contributed by atoms with Gasteiger partial charge in [-0.05, 0) is 30.3 Å². The third-order valence-corrected chi connectivity index (χ3v) is 6.24. The van der Waals surface area contributed by atoms with Gasteiger partial charge in [-0.15, -0.1) is 0 Å².